The molecule has 2 aromatic rings. The van der Waals surface area contributed by atoms with E-state index in [0.29, 0.717) is 31.1 Å². The van der Waals surface area contributed by atoms with Gasteiger partial charge in [-0.3, -0.25) is 9.69 Å². The molecule has 1 aliphatic rings. The maximum atomic E-state index is 12.6. The van der Waals surface area contributed by atoms with E-state index in [-0.39, 0.29) is 10.8 Å². The van der Waals surface area contributed by atoms with Gasteiger partial charge >= 0.3 is 0 Å². The molecule has 1 aromatic heterocycles. The lowest BCUT2D eigenvalue weighted by molar-refractivity contribution is 0.0935. The van der Waals surface area contributed by atoms with E-state index in [4.69, 9.17) is 4.42 Å². The third kappa shape index (κ3) is 5.79. The predicted molar refractivity (Wildman–Crippen MR) is 125 cm³/mol. The van der Waals surface area contributed by atoms with Gasteiger partial charge in [0.05, 0.1) is 4.90 Å². The number of nitrogens with zero attached hydrogens (tertiary/aromatic N) is 2. The van der Waals surface area contributed by atoms with Crippen molar-refractivity contribution in [2.75, 3.05) is 32.7 Å². The fourth-order valence-corrected chi connectivity index (χ4v) is 5.72. The highest BCUT2D eigenvalue weighted by molar-refractivity contribution is 7.89. The minimum Gasteiger partial charge on any atom is -0.466 e. The molecule has 0 radical (unpaired) electrons. The van der Waals surface area contributed by atoms with Gasteiger partial charge in [0.15, 0.2) is 0 Å². The van der Waals surface area contributed by atoms with E-state index < -0.39 is 10.0 Å². The molecule has 0 spiro atoms. The number of aryl methyl sites for hydroxylation is 2. The number of benzene rings is 1. The molecule has 3 rings (SSSR count). The molecule has 1 amide bonds. The zero-order valence-corrected chi connectivity index (χ0v) is 20.4. The average molecular weight is 462 g/mol. The molecule has 2 heterocycles. The normalized spacial score (nSPS) is 15.9. The van der Waals surface area contributed by atoms with Gasteiger partial charge in [0.1, 0.15) is 11.5 Å². The van der Waals surface area contributed by atoms with Gasteiger partial charge < -0.3 is 9.73 Å². The number of carbonyl (C=O) groups is 1. The monoisotopic (exact) mass is 461 g/mol. The van der Waals surface area contributed by atoms with Crippen LogP contribution in [0.15, 0.2) is 39.6 Å². The van der Waals surface area contributed by atoms with Gasteiger partial charge in [0.25, 0.3) is 5.91 Å². The molecule has 1 N–H and O–H groups in total. The number of nitrogens with one attached hydrogen (secondary N) is 1. The van der Waals surface area contributed by atoms with Crippen molar-refractivity contribution in [3.05, 3.63) is 53.0 Å². The van der Waals surface area contributed by atoms with Crippen molar-refractivity contribution in [1.82, 2.24) is 14.5 Å². The fraction of sp³-hybridized carbons (Fsp3) is 0.542. The van der Waals surface area contributed by atoms with Crippen molar-refractivity contribution < 1.29 is 17.6 Å². The molecule has 1 aliphatic heterocycles. The summed E-state index contributed by atoms with van der Waals surface area (Å²) in [6.45, 7) is 12.0. The van der Waals surface area contributed by atoms with Gasteiger partial charge in [-0.15, -0.1) is 0 Å². The summed E-state index contributed by atoms with van der Waals surface area (Å²) in [5.74, 6) is 2.23. The summed E-state index contributed by atoms with van der Waals surface area (Å²) >= 11 is 0. The molecule has 1 aromatic carbocycles. The highest BCUT2D eigenvalue weighted by Crippen LogP contribution is 2.22. The number of piperidine rings is 1. The second kappa shape index (κ2) is 10.6. The zero-order valence-electron chi connectivity index (χ0n) is 19.6. The average Bonchev–Trinajstić information content (AvgIpc) is 3.10. The Balaban J connectivity index is 1.47. The van der Waals surface area contributed by atoms with E-state index in [0.717, 1.165) is 44.0 Å². The van der Waals surface area contributed by atoms with Crippen LogP contribution in [0.4, 0.5) is 0 Å². The molecule has 8 heteroatoms. The van der Waals surface area contributed by atoms with Crippen LogP contribution in [0.25, 0.3) is 0 Å². The van der Waals surface area contributed by atoms with Gasteiger partial charge in [-0.1, -0.05) is 13.8 Å². The first-order valence-electron chi connectivity index (χ1n) is 11.4. The number of rotatable bonds is 9. The predicted octanol–water partition coefficient (Wildman–Crippen LogP) is 3.57. The summed E-state index contributed by atoms with van der Waals surface area (Å²) in [5.41, 5.74) is 1.73. The van der Waals surface area contributed by atoms with Crippen molar-refractivity contribution in [2.45, 2.75) is 52.0 Å². The molecular formula is C24H35N3O4S. The largest absolute Gasteiger partial charge is 0.466 e. The summed E-state index contributed by atoms with van der Waals surface area (Å²) in [6, 6.07) is 8.31. The highest BCUT2D eigenvalue weighted by Gasteiger charge is 2.23. The molecule has 0 aliphatic carbocycles. The summed E-state index contributed by atoms with van der Waals surface area (Å²) in [6.07, 6.45) is 2.08. The molecule has 7 nitrogen and oxygen atoms in total. The first-order chi connectivity index (χ1) is 15.2. The van der Waals surface area contributed by atoms with Crippen LogP contribution in [-0.2, 0) is 16.6 Å². The van der Waals surface area contributed by atoms with Gasteiger partial charge in [0.2, 0.25) is 10.0 Å². The Morgan fingerprint density at radius 3 is 2.28 bits per heavy atom. The van der Waals surface area contributed by atoms with Gasteiger partial charge in [-0.25, -0.2) is 8.42 Å². The molecule has 1 fully saturated rings. The quantitative estimate of drug-likeness (QED) is 0.617. The first-order valence-corrected chi connectivity index (χ1v) is 12.8. The second-order valence-electron chi connectivity index (χ2n) is 8.48. The van der Waals surface area contributed by atoms with E-state index in [1.54, 1.807) is 12.1 Å². The van der Waals surface area contributed by atoms with Crippen molar-refractivity contribution in [3.63, 3.8) is 0 Å². The Kier molecular flexibility index (Phi) is 8.14. The molecule has 32 heavy (non-hydrogen) atoms. The maximum absolute atomic E-state index is 12.6. The zero-order chi connectivity index (χ0) is 23.3. The van der Waals surface area contributed by atoms with Crippen molar-refractivity contribution in [3.8, 4) is 0 Å². The van der Waals surface area contributed by atoms with Crippen LogP contribution < -0.4 is 5.32 Å². The third-order valence-electron chi connectivity index (χ3n) is 6.26. The molecule has 0 atom stereocenters. The van der Waals surface area contributed by atoms with Crippen LogP contribution in [0.2, 0.25) is 0 Å². The van der Waals surface area contributed by atoms with Gasteiger partial charge in [-0.2, -0.15) is 4.31 Å². The van der Waals surface area contributed by atoms with Crippen LogP contribution in [0.3, 0.4) is 0 Å². The first kappa shape index (κ1) is 24.5. The number of carbonyl (C=O) groups excluding carboxylic acids is 1. The van der Waals surface area contributed by atoms with E-state index in [1.165, 1.54) is 22.0 Å². The lowest BCUT2D eigenvalue weighted by Crippen LogP contribution is -2.38. The Morgan fingerprint density at radius 2 is 1.75 bits per heavy atom. The molecule has 0 saturated carbocycles. The number of hydrogen-bond donors (Lipinski definition) is 1. The molecule has 176 valence electrons. The lowest BCUT2D eigenvalue weighted by atomic mass is 9.96. The number of sulfonamides is 1. The maximum Gasteiger partial charge on any atom is 0.251 e. The second-order valence-corrected chi connectivity index (χ2v) is 10.4. The Hall–Kier alpha value is -2.16. The minimum atomic E-state index is -3.51. The third-order valence-corrected chi connectivity index (χ3v) is 8.32. The van der Waals surface area contributed by atoms with E-state index >= 15 is 0 Å². The minimum absolute atomic E-state index is 0.163. The molecule has 0 bridgehead atoms. The smallest absolute Gasteiger partial charge is 0.251 e. The standard InChI is InChI=1S/C24H35N3O4S/c1-5-27(6-2)32(29,30)23-9-7-21(8-10-23)24(28)25-16-20-11-13-26(14-12-20)17-22-15-18(3)31-19(22)4/h7-10,15,20H,5-6,11-14,16-17H2,1-4H3,(H,25,28). The van der Waals surface area contributed by atoms with Gasteiger partial charge in [-0.05, 0) is 76.0 Å². The van der Waals surface area contributed by atoms with Crippen molar-refractivity contribution >= 4 is 15.9 Å². The Morgan fingerprint density at radius 1 is 1.12 bits per heavy atom. The van der Waals surface area contributed by atoms with Crippen molar-refractivity contribution in [2.24, 2.45) is 5.92 Å². The molecule has 1 saturated heterocycles. The number of furan rings is 1. The Bertz CT molecular complexity index is 1000. The Labute approximate surface area is 191 Å². The fourth-order valence-electron chi connectivity index (χ4n) is 4.26. The summed E-state index contributed by atoms with van der Waals surface area (Å²) in [5, 5.41) is 3.02. The summed E-state index contributed by atoms with van der Waals surface area (Å²) < 4.78 is 32.2. The summed E-state index contributed by atoms with van der Waals surface area (Å²) in [7, 11) is -3.51. The van der Waals surface area contributed by atoms with E-state index in [9.17, 15) is 13.2 Å². The topological polar surface area (TPSA) is 82.9 Å². The van der Waals surface area contributed by atoms with Crippen molar-refractivity contribution in [1.29, 1.82) is 0 Å². The van der Waals surface area contributed by atoms with E-state index in [1.807, 2.05) is 27.7 Å². The van der Waals surface area contributed by atoms with Crippen LogP contribution in [-0.4, -0.2) is 56.3 Å². The number of hydrogen-bond acceptors (Lipinski definition) is 5. The number of amides is 1. The molecule has 0 unspecified atom stereocenters. The van der Waals surface area contributed by atoms with E-state index in [2.05, 4.69) is 16.3 Å². The van der Waals surface area contributed by atoms with Crippen LogP contribution in [0.5, 0.6) is 0 Å². The van der Waals surface area contributed by atoms with Gasteiger partial charge in [0, 0.05) is 37.3 Å². The molecular weight excluding hydrogens is 426 g/mol. The van der Waals surface area contributed by atoms with Crippen LogP contribution >= 0.6 is 0 Å². The summed E-state index contributed by atoms with van der Waals surface area (Å²) in [4.78, 5) is 15.2. The van der Waals surface area contributed by atoms with Crippen LogP contribution in [0, 0.1) is 19.8 Å². The van der Waals surface area contributed by atoms with Crippen LogP contribution in [0.1, 0.15) is 54.1 Å². The SMILES string of the molecule is CCN(CC)S(=O)(=O)c1ccc(C(=O)NCC2CCN(Cc3cc(C)oc3C)CC2)cc1. The highest BCUT2D eigenvalue weighted by atomic mass is 32.2. The number of likely N-dealkylation sites (tertiary alicyclic amines) is 1. The lowest BCUT2D eigenvalue weighted by Gasteiger charge is -2.31.